The van der Waals surface area contributed by atoms with E-state index in [9.17, 15) is 0 Å². The van der Waals surface area contributed by atoms with E-state index >= 15 is 0 Å². The molecule has 1 nitrogen and oxygen atoms in total. The molecule has 0 saturated carbocycles. The third kappa shape index (κ3) is 8.99. The second-order valence-electron chi connectivity index (χ2n) is 0. The summed E-state index contributed by atoms with van der Waals surface area (Å²) >= 11 is 0.750. The molecular weight excluding hydrogens is 511 g/mol. The first-order valence-corrected chi connectivity index (χ1v) is 1.11. The van der Waals surface area contributed by atoms with Crippen LogP contribution in [0.4, 0.5) is 0 Å². The quantitative estimate of drug-likeness (QED) is 0.368. The average Bonchev–Trinajstić information content (AvgIpc) is 1.00. The first kappa shape index (κ1) is 16.7. The Morgan fingerprint density at radius 3 is 1.25 bits per heavy atom. The minimum absolute atomic E-state index is 0. The molecule has 0 saturated heterocycles. The van der Waals surface area contributed by atoms with E-state index in [4.69, 9.17) is 3.50 Å². The molecule has 0 N–H and O–H groups in total. The molecule has 4 heavy (non-hydrogen) atoms. The van der Waals surface area contributed by atoms with Crippen LogP contribution in [0, 0.1) is 0 Å². The molecule has 0 fully saturated rings. The number of hydrogen-bond acceptors (Lipinski definition) is 1. The van der Waals surface area contributed by atoms with Gasteiger partial charge in [0.1, 0.15) is 0 Å². The monoisotopic (exact) mass is 514 g/mol. The standard InChI is InChI=1S/Ir.O.Sb.Ta.3H. The summed E-state index contributed by atoms with van der Waals surface area (Å²) in [6.45, 7) is 0. The van der Waals surface area contributed by atoms with Crippen LogP contribution in [0.5, 0.6) is 0 Å². The minimum Gasteiger partial charge on any atom is 0 e. The van der Waals surface area contributed by atoms with E-state index in [1.807, 2.05) is 0 Å². The van der Waals surface area contributed by atoms with Crippen molar-refractivity contribution in [3.05, 3.63) is 0 Å². The summed E-state index contributed by atoms with van der Waals surface area (Å²) in [7, 11) is 0. The van der Waals surface area contributed by atoms with Gasteiger partial charge in [-0.1, -0.05) is 0 Å². The fourth-order valence-corrected chi connectivity index (χ4v) is 0. The number of hydrogen-bond donors (Lipinski definition) is 0. The largest absolute Gasteiger partial charge is 0 e. The van der Waals surface area contributed by atoms with Crippen LogP contribution in [0.1, 0.15) is 0 Å². The molecule has 0 aliphatic heterocycles. The maximum absolute atomic E-state index is 8.25. The summed E-state index contributed by atoms with van der Waals surface area (Å²) in [5.41, 5.74) is 0. The van der Waals surface area contributed by atoms with E-state index in [0.29, 0.717) is 0 Å². The fourth-order valence-electron chi connectivity index (χ4n) is 0. The van der Waals surface area contributed by atoms with E-state index in [0.717, 1.165) is 18.9 Å². The molecule has 0 unspecified atom stereocenters. The van der Waals surface area contributed by atoms with Crippen molar-refractivity contribution in [1.29, 1.82) is 0 Å². The van der Waals surface area contributed by atoms with Gasteiger partial charge in [-0.15, -0.1) is 0 Å². The van der Waals surface area contributed by atoms with E-state index in [-0.39, 0.29) is 46.8 Å². The van der Waals surface area contributed by atoms with Crippen LogP contribution in [0.25, 0.3) is 0 Å². The Bertz CT molecular complexity index is 8.00. The smallest absolute Gasteiger partial charge is 0 e. The van der Waals surface area contributed by atoms with Gasteiger partial charge in [0.2, 0.25) is 0 Å². The van der Waals surface area contributed by atoms with Crippen molar-refractivity contribution in [2.24, 2.45) is 0 Å². The third-order valence-electron chi connectivity index (χ3n) is 0. The van der Waals surface area contributed by atoms with Crippen LogP contribution < -0.4 is 0 Å². The second-order valence-corrected chi connectivity index (χ2v) is 0. The molecule has 0 aliphatic carbocycles. The van der Waals surface area contributed by atoms with E-state index in [1.54, 1.807) is 0 Å². The minimum atomic E-state index is 0. The molecule has 1 radical (unpaired) electrons. The maximum Gasteiger partial charge on any atom is 0 e. The Morgan fingerprint density at radius 1 is 1.25 bits per heavy atom. The van der Waals surface area contributed by atoms with Crippen molar-refractivity contribution in [2.45, 2.75) is 0 Å². The summed E-state index contributed by atoms with van der Waals surface area (Å²) in [5, 5.41) is 0. The Kier molecular flexibility index (Phi) is 83.1. The van der Waals surface area contributed by atoms with Crippen molar-refractivity contribution in [3.63, 3.8) is 0 Å². The molecule has 0 heterocycles. The fraction of sp³-hybridized carbons (Fsp3) is 0. The molecule has 0 aromatic carbocycles. The van der Waals surface area contributed by atoms with Gasteiger partial charge in [0, 0.05) is 22.4 Å². The van der Waals surface area contributed by atoms with Crippen molar-refractivity contribution >= 4 is 24.4 Å². The Balaban J connectivity index is -0.00000000500. The van der Waals surface area contributed by atoms with Gasteiger partial charge in [-0.05, 0) is 0 Å². The summed E-state index contributed by atoms with van der Waals surface area (Å²) in [4.78, 5) is 0. The van der Waals surface area contributed by atoms with Crippen molar-refractivity contribution in [1.82, 2.24) is 0 Å². The molecule has 0 amide bonds. The van der Waals surface area contributed by atoms with Crippen LogP contribution in [0.2, 0.25) is 0 Å². The van der Waals surface area contributed by atoms with Gasteiger partial charge in [0.25, 0.3) is 0 Å². The molecule has 0 aromatic heterocycles. The predicted octanol–water partition coefficient (Wildman–Crippen LogP) is -1.31. The third-order valence-corrected chi connectivity index (χ3v) is 0. The first-order valence-electron chi connectivity index (χ1n) is 0.136. The van der Waals surface area contributed by atoms with Gasteiger partial charge in [0.15, 0.2) is 0 Å². The van der Waals surface area contributed by atoms with Crippen molar-refractivity contribution in [2.75, 3.05) is 0 Å². The van der Waals surface area contributed by atoms with Gasteiger partial charge in [-0.2, -0.15) is 0 Å². The van der Waals surface area contributed by atoms with Crippen LogP contribution in [0.15, 0.2) is 0 Å². The second kappa shape index (κ2) is 20.0. The molecule has 28 valence electrons. The zero-order chi connectivity index (χ0) is 2.00. The van der Waals surface area contributed by atoms with Gasteiger partial charge in [-0.25, -0.2) is 0 Å². The van der Waals surface area contributed by atoms with Crippen molar-refractivity contribution < 1.29 is 44.7 Å². The van der Waals surface area contributed by atoms with Crippen LogP contribution in [-0.4, -0.2) is 24.4 Å². The summed E-state index contributed by atoms with van der Waals surface area (Å²) in [6, 6.07) is 0. The first-order chi connectivity index (χ1) is 1.00. The SMILES string of the molecule is [O]=[Ir].[SbH3].[Ta]. The zero-order valence-electron chi connectivity index (χ0n) is 1.90. The van der Waals surface area contributed by atoms with Gasteiger partial charge in [-0.3, -0.25) is 0 Å². The van der Waals surface area contributed by atoms with E-state index < -0.39 is 0 Å². The van der Waals surface area contributed by atoms with Crippen molar-refractivity contribution in [3.8, 4) is 0 Å². The Morgan fingerprint density at radius 2 is 1.25 bits per heavy atom. The molecular formula is H3IrOSbTa. The summed E-state index contributed by atoms with van der Waals surface area (Å²) < 4.78 is 8.25. The molecule has 0 spiro atoms. The molecule has 0 rings (SSSR count). The summed E-state index contributed by atoms with van der Waals surface area (Å²) in [6.07, 6.45) is 0. The van der Waals surface area contributed by atoms with E-state index in [1.165, 1.54) is 0 Å². The Hall–Kier alpha value is 2.01. The Labute approximate surface area is 68.3 Å². The van der Waals surface area contributed by atoms with Gasteiger partial charge in [0.05, 0.1) is 0 Å². The molecule has 0 aliphatic rings. The predicted molar refractivity (Wildman–Crippen MR) is 10.6 cm³/mol. The topological polar surface area (TPSA) is 17.1 Å². The zero-order valence-corrected chi connectivity index (χ0v) is 11.5. The molecule has 0 atom stereocenters. The van der Waals surface area contributed by atoms with Crippen LogP contribution in [-0.2, 0) is 44.7 Å². The van der Waals surface area contributed by atoms with E-state index in [2.05, 4.69) is 0 Å². The molecule has 4 heteroatoms. The van der Waals surface area contributed by atoms with Gasteiger partial charge < -0.3 is 0 Å². The summed E-state index contributed by atoms with van der Waals surface area (Å²) in [5.74, 6) is 0. The van der Waals surface area contributed by atoms with Crippen LogP contribution >= 0.6 is 0 Å². The maximum atomic E-state index is 8.25. The van der Waals surface area contributed by atoms with Gasteiger partial charge >= 0.3 is 46.8 Å². The molecule has 0 aromatic rings. The van der Waals surface area contributed by atoms with Crippen LogP contribution in [0.3, 0.4) is 0 Å². The normalized spacial score (nSPS) is 1.25. The number of rotatable bonds is 0. The molecule has 0 bridgehead atoms. The average molecular weight is 514 g/mol.